The molecule has 0 bridgehead atoms. The van der Waals surface area contributed by atoms with Crippen molar-refractivity contribution in [2.75, 3.05) is 55.7 Å². The van der Waals surface area contributed by atoms with Gasteiger partial charge in [0.05, 0.1) is 53.9 Å². The molecule has 14 rings (SSSR count). The molecule has 2 N–H and O–H groups in total. The quantitative estimate of drug-likeness (QED) is 0.116. The van der Waals surface area contributed by atoms with Gasteiger partial charge in [-0.1, -0.05) is 0 Å². The van der Waals surface area contributed by atoms with Gasteiger partial charge in [-0.05, 0) is 211 Å². The van der Waals surface area contributed by atoms with Gasteiger partial charge in [-0.15, -0.1) is 56.7 Å². The van der Waals surface area contributed by atoms with Crippen molar-refractivity contribution in [3.05, 3.63) is 186 Å². The highest BCUT2D eigenvalue weighted by Crippen LogP contribution is 2.35. The van der Waals surface area contributed by atoms with Crippen molar-refractivity contribution in [2.45, 2.75) is 58.7 Å². The molecule has 2 aliphatic rings. The van der Waals surface area contributed by atoms with Gasteiger partial charge in [0.25, 0.3) is 0 Å². The first-order valence-electron chi connectivity index (χ1n) is 29.5. The summed E-state index contributed by atoms with van der Waals surface area (Å²) in [4.78, 5) is 89.4. The lowest BCUT2D eigenvalue weighted by molar-refractivity contribution is -0.192. The number of thiophene rings is 5. The second-order valence-corrected chi connectivity index (χ2v) is 32.6. The van der Waals surface area contributed by atoms with E-state index in [1.165, 1.54) is 91.0 Å². The molecule has 0 aliphatic carbocycles. The molecule has 0 aromatic carbocycles. The van der Waals surface area contributed by atoms with Crippen molar-refractivity contribution in [2.24, 2.45) is 0 Å². The second-order valence-electron chi connectivity index (χ2n) is 21.5. The Kier molecular flexibility index (Phi) is 32.1. The van der Waals surface area contributed by atoms with Crippen LogP contribution >= 0.6 is 168 Å². The number of halogens is 10. The minimum Gasteiger partial charge on any atom is -0.477 e. The number of carbonyl (C=O) groups excluding carboxylic acids is 3. The fourth-order valence-electron chi connectivity index (χ4n) is 8.89. The molecule has 2 fully saturated rings. The lowest BCUT2D eigenvalue weighted by Gasteiger charge is -2.36. The van der Waals surface area contributed by atoms with Crippen molar-refractivity contribution in [3.8, 4) is 0 Å². The van der Waals surface area contributed by atoms with E-state index in [1.54, 1.807) is 101 Å². The maximum absolute atomic E-state index is 12.1. The molecule has 19 nitrogen and oxygen atoms in total. The van der Waals surface area contributed by atoms with E-state index >= 15 is 0 Å². The Labute approximate surface area is 650 Å². The van der Waals surface area contributed by atoms with Gasteiger partial charge in [0.1, 0.15) is 15.4 Å². The topological polar surface area (TPSA) is 244 Å². The van der Waals surface area contributed by atoms with Gasteiger partial charge < -0.3 is 34.4 Å². The summed E-state index contributed by atoms with van der Waals surface area (Å²) in [6, 6.07) is 11.8. The summed E-state index contributed by atoms with van der Waals surface area (Å²) >= 11 is 30.8. The van der Waals surface area contributed by atoms with Gasteiger partial charge in [-0.25, -0.2) is 19.2 Å². The summed E-state index contributed by atoms with van der Waals surface area (Å²) in [5.41, 5.74) is 2.63. The number of hydrogen-bond acceptors (Lipinski definition) is 21. The van der Waals surface area contributed by atoms with Gasteiger partial charge in [-0.3, -0.25) is 39.7 Å². The summed E-state index contributed by atoms with van der Waals surface area (Å²) < 4.78 is 53.9. The van der Waals surface area contributed by atoms with E-state index in [0.29, 0.717) is 44.0 Å². The number of aromatic carboxylic acids is 1. The molecule has 12 aromatic rings. The molecule has 12 aromatic heterocycles. The molecule has 0 unspecified atom stereocenters. The number of esters is 1. The number of anilines is 2. The third-order valence-corrected chi connectivity index (χ3v) is 22.1. The van der Waals surface area contributed by atoms with E-state index < -0.39 is 23.7 Å². The predicted octanol–water partition coefficient (Wildman–Crippen LogP) is 21.4. The van der Waals surface area contributed by atoms with Crippen LogP contribution < -0.4 is 9.80 Å². The Balaban J connectivity index is 0.000000165. The van der Waals surface area contributed by atoms with Crippen LogP contribution in [-0.2, 0) is 14.3 Å². The Hall–Kier alpha value is -6.05. The normalized spacial score (nSPS) is 12.6. The number of piperidine rings is 1. The summed E-state index contributed by atoms with van der Waals surface area (Å²) in [6.45, 7) is 13.2. The van der Waals surface area contributed by atoms with Crippen molar-refractivity contribution < 1.29 is 56.8 Å². The molecule has 526 valence electrons. The van der Waals surface area contributed by atoms with E-state index in [0.717, 1.165) is 67.6 Å². The highest BCUT2D eigenvalue weighted by molar-refractivity contribution is 9.11. The van der Waals surface area contributed by atoms with Crippen LogP contribution in [0.4, 0.5) is 29.3 Å². The molecule has 34 heteroatoms. The van der Waals surface area contributed by atoms with Gasteiger partial charge in [0.15, 0.2) is 6.29 Å². The van der Waals surface area contributed by atoms with Crippen LogP contribution in [0.2, 0.25) is 0 Å². The first-order chi connectivity index (χ1) is 47.7. The number of aromatic nitrogens is 7. The Bertz CT molecular complexity index is 4680. The lowest BCUT2D eigenvalue weighted by atomic mass is 10.1. The zero-order valence-corrected chi connectivity index (χ0v) is 68.2. The third kappa shape index (κ3) is 24.6. The molecule has 0 saturated carbocycles. The number of carboxylic acid groups (broad SMARTS) is 2. The van der Waals surface area contributed by atoms with Gasteiger partial charge in [0, 0.05) is 177 Å². The number of alkyl halides is 3. The highest BCUT2D eigenvalue weighted by Gasteiger charge is 2.38. The molecule has 2 aliphatic heterocycles. The molecule has 0 radical (unpaired) electrons. The van der Waals surface area contributed by atoms with E-state index in [2.05, 4.69) is 191 Å². The average molecular weight is 1910 g/mol. The standard InChI is InChI=1S/C16H21N3O2S.C12H14N2S.C10H8BrNO2S.C8H4BrNO2S.C7H4BrNS.C6H3Br2NO.C5H3Br2N.C2HF3O2/c1-16(2,3)21-15(20)19-7-5-18(6-8-19)13-10-17-11-14-12(13)4-9-22-14;1-2-5-14(6-3-1)11-8-13-9-12-10(11)4-7-15-12;1-2-14-10(13)8-3-6-7(11)4-12-5-9(6)15-8;9-5-2-10-3-7-4(5)1-6(13-7)8(11)12;8-6-3-9-4-7-5(6)1-2-10-7;7-5-1-9-2-6(8)4(5)3-10;6-4-1-5(7)3-8-2-4;3-2(4,5)1(6)7/h4,9-11H,5-8H2,1-3H3;4,7-9H,1-3,5-6H2;3-5H,2H2,1H3;1-3H,(H,11,12);1-4H;1-3H;1-3H;(H,6,7). The van der Waals surface area contributed by atoms with Crippen LogP contribution in [0.1, 0.15) is 76.7 Å². The van der Waals surface area contributed by atoms with Crippen molar-refractivity contribution >= 4 is 260 Å². The lowest BCUT2D eigenvalue weighted by Crippen LogP contribution is -2.50. The average Bonchev–Trinajstić information content (AvgIpc) is 1.79. The second kappa shape index (κ2) is 39.6. The zero-order valence-electron chi connectivity index (χ0n) is 53.0. The molecule has 0 spiro atoms. The fraction of sp³-hybridized carbons (Fsp3) is 0.242. The summed E-state index contributed by atoms with van der Waals surface area (Å²) in [7, 11) is 0. The first-order valence-corrected chi connectivity index (χ1v) is 39.3. The van der Waals surface area contributed by atoms with Crippen LogP contribution in [0.25, 0.3) is 50.4 Å². The number of rotatable bonds is 6. The zero-order chi connectivity index (χ0) is 72.7. The van der Waals surface area contributed by atoms with Crippen molar-refractivity contribution in [1.29, 1.82) is 0 Å². The van der Waals surface area contributed by atoms with Gasteiger partial charge in [-0.2, -0.15) is 13.2 Å². The summed E-state index contributed by atoms with van der Waals surface area (Å²) in [5.74, 6) is -3.92. The number of fused-ring (bicyclic) bond motifs is 5. The van der Waals surface area contributed by atoms with E-state index in [4.69, 9.17) is 24.5 Å². The van der Waals surface area contributed by atoms with Crippen LogP contribution in [-0.4, -0.2) is 138 Å². The summed E-state index contributed by atoms with van der Waals surface area (Å²) in [6.07, 6.45) is 24.4. The summed E-state index contributed by atoms with van der Waals surface area (Å²) in [5, 5.41) is 27.9. The number of ether oxygens (including phenoxy) is 2. The number of aliphatic carboxylic acids is 1. The Morgan fingerprint density at radius 3 is 1.30 bits per heavy atom. The van der Waals surface area contributed by atoms with E-state index in [9.17, 15) is 32.3 Å². The van der Waals surface area contributed by atoms with Gasteiger partial charge >= 0.3 is 30.2 Å². The van der Waals surface area contributed by atoms with Crippen LogP contribution in [0, 0.1) is 0 Å². The maximum Gasteiger partial charge on any atom is 0.490 e. The predicted molar refractivity (Wildman–Crippen MR) is 419 cm³/mol. The number of carbonyl (C=O) groups is 5. The van der Waals surface area contributed by atoms with Crippen LogP contribution in [0.5, 0.6) is 0 Å². The largest absolute Gasteiger partial charge is 0.490 e. The van der Waals surface area contributed by atoms with Crippen LogP contribution in [0.15, 0.2) is 171 Å². The van der Waals surface area contributed by atoms with Crippen LogP contribution in [0.3, 0.4) is 0 Å². The minimum atomic E-state index is -5.08. The van der Waals surface area contributed by atoms with Gasteiger partial charge in [0.2, 0.25) is 0 Å². The highest BCUT2D eigenvalue weighted by atomic mass is 79.9. The molecular weight excluding hydrogens is 1850 g/mol. The van der Waals surface area contributed by atoms with E-state index in [1.807, 2.05) is 70.1 Å². The molecule has 14 heterocycles. The monoisotopic (exact) mass is 1900 g/mol. The number of piperazine rings is 1. The first kappa shape index (κ1) is 81.3. The molecule has 0 atom stereocenters. The van der Waals surface area contributed by atoms with Crippen molar-refractivity contribution in [3.63, 3.8) is 0 Å². The molecule has 1 amide bonds. The molecular formula is C66H58Br7F3N10O9S5. The number of hydrogen-bond donors (Lipinski definition) is 2. The maximum atomic E-state index is 12.1. The number of aldehydes is 1. The SMILES string of the molecule is Brc1cncc(Br)c1.Brc1cncc2sccc12.CC(C)(C)OC(=O)N1CCN(c2cncc3sccc23)CC1.CCOC(=O)c1cc2c(Br)cncc2s1.O=C(O)C(F)(F)F.O=C(O)c1cc2c(Br)cncc2s1.O=Cc1c(Br)cncc1Br.c1cc2c(N3CCCCC3)cncc2s1. The number of nitrogens with zero attached hydrogens (tertiary/aromatic N) is 10. The molecule has 2 saturated heterocycles. The fourth-order valence-corrected chi connectivity index (χ4v) is 17.0. The smallest absolute Gasteiger partial charge is 0.477 e. The third-order valence-electron chi connectivity index (χ3n) is 13.4. The number of pyridine rings is 7. The number of carboxylic acids is 2. The van der Waals surface area contributed by atoms with Crippen molar-refractivity contribution in [1.82, 2.24) is 39.8 Å². The van der Waals surface area contributed by atoms with E-state index in [-0.39, 0.29) is 12.1 Å². The number of amides is 1. The molecule has 100 heavy (non-hydrogen) atoms. The Morgan fingerprint density at radius 1 is 0.510 bits per heavy atom. The minimum absolute atomic E-state index is 0.223. The Morgan fingerprint density at radius 2 is 0.900 bits per heavy atom.